The van der Waals surface area contributed by atoms with Gasteiger partial charge in [-0.25, -0.2) is 4.39 Å². The number of hydrogen-bond donors (Lipinski definition) is 0. The second kappa shape index (κ2) is 6.91. The minimum Gasteiger partial charge on any atom is -0.294 e. The molecule has 0 bridgehead atoms. The summed E-state index contributed by atoms with van der Waals surface area (Å²) in [5.41, 5.74) is 1.49. The summed E-state index contributed by atoms with van der Waals surface area (Å²) in [6.07, 6.45) is 3.04. The molecule has 0 amide bonds. The summed E-state index contributed by atoms with van der Waals surface area (Å²) in [5.74, 6) is -0.497. The molecule has 0 saturated heterocycles. The molecule has 2 rings (SSSR count). The summed E-state index contributed by atoms with van der Waals surface area (Å²) < 4.78 is 12.9. The maximum atomic E-state index is 12.9. The maximum Gasteiger partial charge on any atom is 0.164 e. The van der Waals surface area contributed by atoms with E-state index in [-0.39, 0.29) is 10.8 Å². The summed E-state index contributed by atoms with van der Waals surface area (Å²) in [6.45, 7) is 0. The zero-order valence-corrected chi connectivity index (χ0v) is 12.6. The highest BCUT2D eigenvalue weighted by Crippen LogP contribution is 2.20. The molecule has 0 aromatic heterocycles. The Kier molecular flexibility index (Phi) is 5.21. The fraction of sp³-hybridized carbons (Fsp3) is 0.188. The SMILES string of the molecule is CSc1ccc(CCC(=O)c2ccc(F)cc2Cl)cc1. The van der Waals surface area contributed by atoms with Crippen LogP contribution < -0.4 is 0 Å². The van der Waals surface area contributed by atoms with E-state index in [0.717, 1.165) is 5.56 Å². The normalized spacial score (nSPS) is 10.6. The smallest absolute Gasteiger partial charge is 0.164 e. The van der Waals surface area contributed by atoms with Crippen molar-refractivity contribution in [2.24, 2.45) is 0 Å². The third-order valence-electron chi connectivity index (χ3n) is 3.03. The molecule has 0 aliphatic rings. The quantitative estimate of drug-likeness (QED) is 0.570. The van der Waals surface area contributed by atoms with Crippen molar-refractivity contribution in [1.29, 1.82) is 0 Å². The largest absolute Gasteiger partial charge is 0.294 e. The van der Waals surface area contributed by atoms with E-state index in [0.29, 0.717) is 18.4 Å². The van der Waals surface area contributed by atoms with Gasteiger partial charge in [0.2, 0.25) is 0 Å². The molecule has 0 fully saturated rings. The highest BCUT2D eigenvalue weighted by Gasteiger charge is 2.11. The lowest BCUT2D eigenvalue weighted by molar-refractivity contribution is 0.0983. The van der Waals surface area contributed by atoms with Gasteiger partial charge in [0.05, 0.1) is 5.02 Å². The molecule has 0 radical (unpaired) electrons. The van der Waals surface area contributed by atoms with E-state index in [2.05, 4.69) is 0 Å². The van der Waals surface area contributed by atoms with Gasteiger partial charge in [-0.15, -0.1) is 11.8 Å². The number of Topliss-reactive ketones (excluding diaryl/α,β-unsaturated/α-hetero) is 1. The number of carbonyl (C=O) groups is 1. The Balaban J connectivity index is 2.00. The van der Waals surface area contributed by atoms with E-state index < -0.39 is 5.82 Å². The zero-order chi connectivity index (χ0) is 14.5. The molecular weight excluding hydrogens is 295 g/mol. The Hall–Kier alpha value is -1.32. The van der Waals surface area contributed by atoms with E-state index >= 15 is 0 Å². The Labute approximate surface area is 127 Å². The topological polar surface area (TPSA) is 17.1 Å². The molecule has 2 aromatic rings. The number of halogens is 2. The standard InChI is InChI=1S/C16H14ClFOS/c1-20-13-6-2-11(3-7-13)4-9-16(19)14-8-5-12(18)10-15(14)17/h2-3,5-8,10H,4,9H2,1H3. The Morgan fingerprint density at radius 1 is 1.20 bits per heavy atom. The van der Waals surface area contributed by atoms with E-state index in [1.54, 1.807) is 11.8 Å². The predicted octanol–water partition coefficient (Wildman–Crippen LogP) is 5.02. The van der Waals surface area contributed by atoms with Gasteiger partial charge in [-0.2, -0.15) is 0 Å². The third-order valence-corrected chi connectivity index (χ3v) is 4.09. The summed E-state index contributed by atoms with van der Waals surface area (Å²) in [5, 5.41) is 0.174. The second-order valence-electron chi connectivity index (χ2n) is 4.40. The number of carbonyl (C=O) groups excluding carboxylic acids is 1. The monoisotopic (exact) mass is 308 g/mol. The highest BCUT2D eigenvalue weighted by molar-refractivity contribution is 7.98. The molecule has 4 heteroatoms. The first kappa shape index (κ1) is 15.1. The van der Waals surface area contributed by atoms with Crippen LogP contribution in [0.1, 0.15) is 22.3 Å². The summed E-state index contributed by atoms with van der Waals surface area (Å²) in [7, 11) is 0. The second-order valence-corrected chi connectivity index (χ2v) is 5.68. The van der Waals surface area contributed by atoms with E-state index in [4.69, 9.17) is 11.6 Å². The van der Waals surface area contributed by atoms with Crippen molar-refractivity contribution in [1.82, 2.24) is 0 Å². The molecule has 104 valence electrons. The fourth-order valence-electron chi connectivity index (χ4n) is 1.90. The van der Waals surface area contributed by atoms with Gasteiger partial charge >= 0.3 is 0 Å². The minimum absolute atomic E-state index is 0.0658. The van der Waals surface area contributed by atoms with Crippen LogP contribution >= 0.6 is 23.4 Å². The third kappa shape index (κ3) is 3.84. The molecule has 0 saturated carbocycles. The van der Waals surface area contributed by atoms with Crippen LogP contribution in [0.2, 0.25) is 5.02 Å². The van der Waals surface area contributed by atoms with Crippen LogP contribution in [0.3, 0.4) is 0 Å². The molecular formula is C16H14ClFOS. The average Bonchev–Trinajstić information content (AvgIpc) is 2.45. The number of benzene rings is 2. The van der Waals surface area contributed by atoms with Crippen LogP contribution in [0.15, 0.2) is 47.4 Å². The summed E-state index contributed by atoms with van der Waals surface area (Å²) in [4.78, 5) is 13.3. The van der Waals surface area contributed by atoms with Gasteiger partial charge in [0.1, 0.15) is 5.82 Å². The number of rotatable bonds is 5. The Morgan fingerprint density at radius 3 is 2.50 bits per heavy atom. The van der Waals surface area contributed by atoms with Gasteiger partial charge in [0.15, 0.2) is 5.78 Å². The molecule has 0 atom stereocenters. The van der Waals surface area contributed by atoms with Gasteiger partial charge in [-0.3, -0.25) is 4.79 Å². The zero-order valence-electron chi connectivity index (χ0n) is 11.0. The summed E-state index contributed by atoms with van der Waals surface area (Å²) >= 11 is 7.56. The highest BCUT2D eigenvalue weighted by atomic mass is 35.5. The molecule has 0 N–H and O–H groups in total. The van der Waals surface area contributed by atoms with Crippen LogP contribution in [0.4, 0.5) is 4.39 Å². The lowest BCUT2D eigenvalue weighted by atomic mass is 10.0. The summed E-state index contributed by atoms with van der Waals surface area (Å²) in [6, 6.07) is 12.0. The number of hydrogen-bond acceptors (Lipinski definition) is 2. The van der Waals surface area contributed by atoms with E-state index in [9.17, 15) is 9.18 Å². The van der Waals surface area contributed by atoms with Crippen LogP contribution in [0, 0.1) is 5.82 Å². The van der Waals surface area contributed by atoms with Crippen molar-refractivity contribution < 1.29 is 9.18 Å². The van der Waals surface area contributed by atoms with E-state index in [1.165, 1.54) is 23.1 Å². The molecule has 0 unspecified atom stereocenters. The number of thioether (sulfide) groups is 1. The predicted molar refractivity (Wildman–Crippen MR) is 82.3 cm³/mol. The van der Waals surface area contributed by atoms with Crippen LogP contribution in [-0.4, -0.2) is 12.0 Å². The van der Waals surface area contributed by atoms with Crippen molar-refractivity contribution in [2.75, 3.05) is 6.26 Å². The lowest BCUT2D eigenvalue weighted by Gasteiger charge is -2.05. The van der Waals surface area contributed by atoms with Gasteiger partial charge < -0.3 is 0 Å². The van der Waals surface area contributed by atoms with Gasteiger partial charge in [0, 0.05) is 16.9 Å². The molecule has 0 spiro atoms. The molecule has 1 nitrogen and oxygen atoms in total. The molecule has 0 heterocycles. The van der Waals surface area contributed by atoms with Crippen molar-refractivity contribution in [3.05, 3.63) is 64.4 Å². The lowest BCUT2D eigenvalue weighted by Crippen LogP contribution is -2.02. The number of ketones is 1. The van der Waals surface area contributed by atoms with Crippen molar-refractivity contribution in [3.8, 4) is 0 Å². The minimum atomic E-state index is -0.431. The maximum absolute atomic E-state index is 12.9. The first-order valence-corrected chi connectivity index (χ1v) is 7.81. The fourth-order valence-corrected chi connectivity index (χ4v) is 2.58. The van der Waals surface area contributed by atoms with Gasteiger partial charge in [-0.1, -0.05) is 23.7 Å². The van der Waals surface area contributed by atoms with Gasteiger partial charge in [-0.05, 0) is 48.6 Å². The number of aryl methyl sites for hydroxylation is 1. The Morgan fingerprint density at radius 2 is 1.90 bits per heavy atom. The van der Waals surface area contributed by atoms with Crippen molar-refractivity contribution in [2.45, 2.75) is 17.7 Å². The first-order chi connectivity index (χ1) is 9.60. The van der Waals surface area contributed by atoms with Crippen molar-refractivity contribution >= 4 is 29.1 Å². The molecule has 20 heavy (non-hydrogen) atoms. The average molecular weight is 309 g/mol. The molecule has 0 aliphatic heterocycles. The van der Waals surface area contributed by atoms with Gasteiger partial charge in [0.25, 0.3) is 0 Å². The van der Waals surface area contributed by atoms with E-state index in [1.807, 2.05) is 30.5 Å². The molecule has 2 aromatic carbocycles. The first-order valence-electron chi connectivity index (χ1n) is 6.21. The van der Waals surface area contributed by atoms with Crippen LogP contribution in [-0.2, 0) is 6.42 Å². The van der Waals surface area contributed by atoms with Crippen molar-refractivity contribution in [3.63, 3.8) is 0 Å². The van der Waals surface area contributed by atoms with Crippen LogP contribution in [0.25, 0.3) is 0 Å². The Bertz CT molecular complexity index is 610. The van der Waals surface area contributed by atoms with Crippen LogP contribution in [0.5, 0.6) is 0 Å². The molecule has 0 aliphatic carbocycles.